The summed E-state index contributed by atoms with van der Waals surface area (Å²) in [4.78, 5) is 0. The van der Waals surface area contributed by atoms with Crippen molar-refractivity contribution in [3.63, 3.8) is 0 Å². The second-order valence-corrected chi connectivity index (χ2v) is 11.4. The summed E-state index contributed by atoms with van der Waals surface area (Å²) in [6.07, 6.45) is 26.5. The van der Waals surface area contributed by atoms with E-state index in [1.807, 2.05) is 0 Å². The van der Waals surface area contributed by atoms with Crippen molar-refractivity contribution < 1.29 is 4.68 Å². The van der Waals surface area contributed by atoms with E-state index in [2.05, 4.69) is 81.5 Å². The van der Waals surface area contributed by atoms with E-state index in [0.717, 1.165) is 41.8 Å². The molecule has 2 nitrogen and oxygen atoms in total. The molecule has 39 heavy (non-hydrogen) atoms. The van der Waals surface area contributed by atoms with E-state index >= 15 is 0 Å². The molecule has 0 spiro atoms. The fourth-order valence-electron chi connectivity index (χ4n) is 5.52. The number of aryl methyl sites for hydroxylation is 2. The summed E-state index contributed by atoms with van der Waals surface area (Å²) >= 11 is 0. The molecule has 0 saturated heterocycles. The van der Waals surface area contributed by atoms with Gasteiger partial charge in [0.2, 0.25) is 11.4 Å². The predicted molar refractivity (Wildman–Crippen MR) is 171 cm³/mol. The van der Waals surface area contributed by atoms with Crippen molar-refractivity contribution in [2.75, 3.05) is 0 Å². The highest BCUT2D eigenvalue weighted by Gasteiger charge is 2.27. The Labute approximate surface area is 240 Å². The van der Waals surface area contributed by atoms with Gasteiger partial charge >= 0.3 is 0 Å². The van der Waals surface area contributed by atoms with Gasteiger partial charge in [-0.05, 0) is 73.9 Å². The molecule has 3 rings (SSSR count). The molecule has 0 atom stereocenters. The van der Waals surface area contributed by atoms with Gasteiger partial charge in [0.05, 0.1) is 0 Å². The van der Waals surface area contributed by atoms with Crippen molar-refractivity contribution >= 4 is 11.4 Å². The zero-order valence-corrected chi connectivity index (χ0v) is 25.2. The van der Waals surface area contributed by atoms with Crippen LogP contribution in [0.15, 0.2) is 66.3 Å². The normalized spacial score (nSPS) is 14.4. The maximum atomic E-state index is 9.12. The third kappa shape index (κ3) is 10.1. The van der Waals surface area contributed by atoms with Crippen LogP contribution in [-0.4, -0.2) is 10.4 Å². The molecular weight excluding hydrogens is 472 g/mol. The van der Waals surface area contributed by atoms with Crippen LogP contribution < -0.4 is 0 Å². The molecule has 0 aliphatic carbocycles. The van der Waals surface area contributed by atoms with Gasteiger partial charge in [-0.3, -0.25) is 0 Å². The van der Waals surface area contributed by atoms with Crippen molar-refractivity contribution in [3.05, 3.63) is 94.4 Å². The number of unbranched alkanes of at least 4 members (excludes halogenated alkanes) is 12. The average molecular weight is 527 g/mol. The number of benzene rings is 2. The topological polar surface area (TPSA) is 26.8 Å². The summed E-state index contributed by atoms with van der Waals surface area (Å²) in [7, 11) is 0. The van der Waals surface area contributed by atoms with E-state index in [-0.39, 0.29) is 0 Å². The number of nitrogens with zero attached hydrogens (tertiary/aromatic N) is 1. The Kier molecular flexibility index (Phi) is 14.2. The highest BCUT2D eigenvalue weighted by molar-refractivity contribution is 6.14. The molecule has 2 aromatic carbocycles. The van der Waals surface area contributed by atoms with Crippen LogP contribution in [0.25, 0.3) is 11.5 Å². The Morgan fingerprint density at radius 1 is 0.564 bits per heavy atom. The van der Waals surface area contributed by atoms with E-state index in [9.17, 15) is 0 Å². The molecule has 0 radical (unpaired) electrons. The summed E-state index contributed by atoms with van der Waals surface area (Å²) in [5, 5.41) is 0. The molecular formula is C37H54N2. The average Bonchev–Trinajstić information content (AvgIpc) is 3.29. The summed E-state index contributed by atoms with van der Waals surface area (Å²) in [6, 6.07) is 17.9. The molecule has 0 saturated carbocycles. The second kappa shape index (κ2) is 17.9. The van der Waals surface area contributed by atoms with Crippen LogP contribution in [0, 0.1) is 0 Å². The molecule has 0 bridgehead atoms. The van der Waals surface area contributed by atoms with Crippen LogP contribution in [0.2, 0.25) is 0 Å². The van der Waals surface area contributed by atoms with Crippen molar-refractivity contribution in [2.24, 2.45) is 0 Å². The maximum Gasteiger partial charge on any atom is 0.215 e. The highest BCUT2D eigenvalue weighted by Crippen LogP contribution is 2.29. The van der Waals surface area contributed by atoms with Gasteiger partial charge in [-0.15, -0.1) is 0 Å². The van der Waals surface area contributed by atoms with Crippen LogP contribution >= 0.6 is 0 Å². The number of allylic oxidation sites excluding steroid dienone is 3. The fourth-order valence-corrected chi connectivity index (χ4v) is 5.52. The first-order chi connectivity index (χ1) is 19.2. The zero-order valence-electron chi connectivity index (χ0n) is 25.2. The number of hydrogen-bond donors (Lipinski definition) is 0. The van der Waals surface area contributed by atoms with Gasteiger partial charge in [0.1, 0.15) is 0 Å². The van der Waals surface area contributed by atoms with E-state index in [0.29, 0.717) is 0 Å². The first-order valence-electron chi connectivity index (χ1n) is 16.2. The lowest BCUT2D eigenvalue weighted by molar-refractivity contribution is -0.347. The lowest BCUT2D eigenvalue weighted by Crippen LogP contribution is -2.11. The third-order valence-corrected chi connectivity index (χ3v) is 8.07. The van der Waals surface area contributed by atoms with Gasteiger partial charge < -0.3 is 5.84 Å². The van der Waals surface area contributed by atoms with Crippen molar-refractivity contribution in [2.45, 2.75) is 130 Å². The molecule has 0 unspecified atom stereocenters. The fraction of sp³-hybridized carbons (Fsp3) is 0.541. The predicted octanol–water partition coefficient (Wildman–Crippen LogP) is 11.4. The summed E-state index contributed by atoms with van der Waals surface area (Å²) in [5.41, 5.74) is 8.26. The lowest BCUT2D eigenvalue weighted by Gasteiger charge is -2.09. The SMILES string of the molecule is CCCCCCCCCCCCC=C1C=C(c2ccc(CCCC)cc2)[N+]([NH-])=C1c1ccc(CCCC)cc1. The Morgan fingerprint density at radius 2 is 1.03 bits per heavy atom. The van der Waals surface area contributed by atoms with Gasteiger partial charge in [0, 0.05) is 22.8 Å². The first-order valence-corrected chi connectivity index (χ1v) is 16.2. The molecule has 1 N–H and O–H groups in total. The van der Waals surface area contributed by atoms with Crippen molar-refractivity contribution in [3.8, 4) is 0 Å². The molecule has 1 heterocycles. The minimum atomic E-state index is 0.983. The van der Waals surface area contributed by atoms with Gasteiger partial charge in [0.25, 0.3) is 0 Å². The Morgan fingerprint density at radius 3 is 1.54 bits per heavy atom. The van der Waals surface area contributed by atoms with Gasteiger partial charge in [0.15, 0.2) is 0 Å². The van der Waals surface area contributed by atoms with Gasteiger partial charge in [-0.2, -0.15) is 0 Å². The Bertz CT molecular complexity index is 1050. The number of rotatable bonds is 19. The molecule has 2 aromatic rings. The molecule has 1 aliphatic rings. The Balaban J connectivity index is 1.67. The summed E-state index contributed by atoms with van der Waals surface area (Å²) < 4.78 is 1.67. The highest BCUT2D eigenvalue weighted by atomic mass is 15.3. The van der Waals surface area contributed by atoms with Crippen molar-refractivity contribution in [1.29, 1.82) is 0 Å². The largest absolute Gasteiger partial charge is 0.448 e. The monoisotopic (exact) mass is 526 g/mol. The van der Waals surface area contributed by atoms with E-state index in [1.165, 1.54) is 107 Å². The summed E-state index contributed by atoms with van der Waals surface area (Å²) in [6.45, 7) is 6.78. The molecule has 0 aromatic heterocycles. The second-order valence-electron chi connectivity index (χ2n) is 11.4. The van der Waals surface area contributed by atoms with Gasteiger partial charge in [-0.25, -0.2) is 4.68 Å². The minimum Gasteiger partial charge on any atom is -0.448 e. The van der Waals surface area contributed by atoms with Crippen LogP contribution in [0.5, 0.6) is 0 Å². The molecule has 1 aliphatic heterocycles. The maximum absolute atomic E-state index is 9.12. The van der Waals surface area contributed by atoms with E-state index in [4.69, 9.17) is 5.84 Å². The molecule has 212 valence electrons. The minimum absolute atomic E-state index is 0.983. The number of hydrogen-bond acceptors (Lipinski definition) is 0. The quantitative estimate of drug-likeness (QED) is 0.129. The Hall–Kier alpha value is -2.61. The standard InChI is InChI=1S/C37H54N2/c1-4-7-10-11-12-13-14-15-16-17-18-21-35-30-36(33-26-22-31(23-27-33)19-8-5-2)39(38)37(35)34-28-24-32(25-29-34)20-9-6-3/h21-30,38H,4-20H2,1-3H3. The molecule has 2 heteroatoms. The molecule has 0 fully saturated rings. The summed E-state index contributed by atoms with van der Waals surface area (Å²) in [5.74, 6) is 9.12. The van der Waals surface area contributed by atoms with Crippen LogP contribution in [0.3, 0.4) is 0 Å². The van der Waals surface area contributed by atoms with E-state index < -0.39 is 0 Å². The molecule has 0 amide bonds. The smallest absolute Gasteiger partial charge is 0.215 e. The number of nitrogens with one attached hydrogen (secondary N) is 1. The van der Waals surface area contributed by atoms with Crippen LogP contribution in [-0.2, 0) is 12.8 Å². The van der Waals surface area contributed by atoms with Crippen LogP contribution in [0.4, 0.5) is 0 Å². The third-order valence-electron chi connectivity index (χ3n) is 8.07. The van der Waals surface area contributed by atoms with E-state index in [1.54, 1.807) is 4.68 Å². The van der Waals surface area contributed by atoms with Crippen LogP contribution in [0.1, 0.15) is 139 Å². The first kappa shape index (κ1) is 30.9. The van der Waals surface area contributed by atoms with Crippen molar-refractivity contribution in [1.82, 2.24) is 0 Å². The van der Waals surface area contributed by atoms with Gasteiger partial charge in [-0.1, -0.05) is 122 Å². The zero-order chi connectivity index (χ0) is 27.7. The lowest BCUT2D eigenvalue weighted by atomic mass is 9.98.